The molecule has 0 aromatic heterocycles. The number of benzene rings is 1. The molecule has 90 valence electrons. The molecule has 0 radical (unpaired) electrons. The summed E-state index contributed by atoms with van der Waals surface area (Å²) in [6.07, 6.45) is -0.0309. The van der Waals surface area contributed by atoms with E-state index in [0.717, 1.165) is 5.56 Å². The van der Waals surface area contributed by atoms with Gasteiger partial charge in [-0.3, -0.25) is 9.59 Å². The zero-order valence-electron chi connectivity index (χ0n) is 9.47. The van der Waals surface area contributed by atoms with Gasteiger partial charge in [0.1, 0.15) is 5.75 Å². The zero-order valence-corrected chi connectivity index (χ0v) is 9.47. The first kappa shape index (κ1) is 11.4. The van der Waals surface area contributed by atoms with Crippen molar-refractivity contribution in [3.8, 4) is 5.75 Å². The minimum absolute atomic E-state index is 0.0309. The van der Waals surface area contributed by atoms with E-state index < -0.39 is 5.97 Å². The molecule has 5 nitrogen and oxygen atoms in total. The maximum Gasteiger partial charge on any atom is 0.305 e. The molecule has 2 rings (SSSR count). The Bertz CT molecular complexity index is 470. The lowest BCUT2D eigenvalue weighted by atomic mass is 10.1. The number of aliphatic carboxylic acids is 1. The number of hydrogen-bond acceptors (Lipinski definition) is 3. The lowest BCUT2D eigenvalue weighted by Crippen LogP contribution is -2.26. The van der Waals surface area contributed by atoms with Gasteiger partial charge in [-0.15, -0.1) is 0 Å². The van der Waals surface area contributed by atoms with Gasteiger partial charge < -0.3 is 14.7 Å². The summed E-state index contributed by atoms with van der Waals surface area (Å²) in [6, 6.07) is 5.27. The molecule has 0 unspecified atom stereocenters. The fraction of sp³-hybridized carbons (Fsp3) is 0.333. The summed E-state index contributed by atoms with van der Waals surface area (Å²) in [4.78, 5) is 23.9. The number of nitrogens with zero attached hydrogens (tertiary/aromatic N) is 1. The second-order valence-corrected chi connectivity index (χ2v) is 3.89. The van der Waals surface area contributed by atoms with Crippen molar-refractivity contribution in [1.82, 2.24) is 4.90 Å². The fourth-order valence-electron chi connectivity index (χ4n) is 1.90. The zero-order chi connectivity index (χ0) is 12.4. The summed E-state index contributed by atoms with van der Waals surface area (Å²) >= 11 is 0. The maximum atomic E-state index is 11.9. The van der Waals surface area contributed by atoms with Crippen LogP contribution in [0.2, 0.25) is 0 Å². The van der Waals surface area contributed by atoms with Crippen LogP contribution in [0.1, 0.15) is 22.3 Å². The van der Waals surface area contributed by atoms with Crippen LogP contribution in [0.4, 0.5) is 0 Å². The smallest absolute Gasteiger partial charge is 0.305 e. The van der Waals surface area contributed by atoms with E-state index in [0.29, 0.717) is 17.9 Å². The molecule has 1 amide bonds. The lowest BCUT2D eigenvalue weighted by Gasteiger charge is -2.13. The quantitative estimate of drug-likeness (QED) is 0.849. The molecule has 0 aliphatic carbocycles. The highest BCUT2D eigenvalue weighted by atomic mass is 16.5. The van der Waals surface area contributed by atoms with Crippen molar-refractivity contribution >= 4 is 11.9 Å². The van der Waals surface area contributed by atoms with Crippen molar-refractivity contribution in [2.75, 3.05) is 13.7 Å². The molecule has 1 heterocycles. The summed E-state index contributed by atoms with van der Waals surface area (Å²) < 4.78 is 5.08. The monoisotopic (exact) mass is 235 g/mol. The predicted octanol–water partition coefficient (Wildman–Crippen LogP) is 1.13. The molecule has 0 spiro atoms. The molecule has 1 aliphatic rings. The number of carboxylic acids is 1. The fourth-order valence-corrected chi connectivity index (χ4v) is 1.90. The SMILES string of the molecule is COc1ccc2c(c1)CN(CCC(=O)O)C2=O. The van der Waals surface area contributed by atoms with E-state index >= 15 is 0 Å². The van der Waals surface area contributed by atoms with Crippen LogP contribution in [0.15, 0.2) is 18.2 Å². The molecule has 1 N–H and O–H groups in total. The Labute approximate surface area is 98.6 Å². The van der Waals surface area contributed by atoms with Crippen LogP contribution in [-0.2, 0) is 11.3 Å². The molecule has 5 heteroatoms. The van der Waals surface area contributed by atoms with Gasteiger partial charge in [-0.05, 0) is 23.8 Å². The summed E-state index contributed by atoms with van der Waals surface area (Å²) in [6.45, 7) is 0.698. The Morgan fingerprint density at radius 1 is 1.53 bits per heavy atom. The number of ether oxygens (including phenoxy) is 1. The second-order valence-electron chi connectivity index (χ2n) is 3.89. The normalized spacial score (nSPS) is 13.7. The highest BCUT2D eigenvalue weighted by molar-refractivity contribution is 5.98. The molecule has 1 aromatic carbocycles. The van der Waals surface area contributed by atoms with Crippen LogP contribution in [0, 0.1) is 0 Å². The van der Waals surface area contributed by atoms with Gasteiger partial charge >= 0.3 is 5.97 Å². The Balaban J connectivity index is 2.14. The first-order valence-corrected chi connectivity index (χ1v) is 5.30. The Kier molecular flexibility index (Phi) is 2.99. The second kappa shape index (κ2) is 4.45. The third kappa shape index (κ3) is 2.22. The van der Waals surface area contributed by atoms with E-state index in [4.69, 9.17) is 9.84 Å². The largest absolute Gasteiger partial charge is 0.497 e. The molecule has 0 atom stereocenters. The van der Waals surface area contributed by atoms with E-state index in [1.165, 1.54) is 4.90 Å². The van der Waals surface area contributed by atoms with Crippen molar-refractivity contribution in [3.05, 3.63) is 29.3 Å². The van der Waals surface area contributed by atoms with Crippen LogP contribution in [0.3, 0.4) is 0 Å². The third-order valence-electron chi connectivity index (χ3n) is 2.79. The van der Waals surface area contributed by atoms with Crippen molar-refractivity contribution in [2.45, 2.75) is 13.0 Å². The summed E-state index contributed by atoms with van der Waals surface area (Å²) in [5.74, 6) is -0.299. The van der Waals surface area contributed by atoms with Crippen molar-refractivity contribution in [1.29, 1.82) is 0 Å². The average Bonchev–Trinajstić information content (AvgIpc) is 2.63. The van der Waals surface area contributed by atoms with E-state index in [-0.39, 0.29) is 18.9 Å². The first-order chi connectivity index (χ1) is 8.11. The third-order valence-corrected chi connectivity index (χ3v) is 2.79. The van der Waals surface area contributed by atoms with Gasteiger partial charge in [0.2, 0.25) is 0 Å². The van der Waals surface area contributed by atoms with Crippen LogP contribution < -0.4 is 4.74 Å². The number of carboxylic acid groups (broad SMARTS) is 1. The molecule has 0 saturated carbocycles. The average molecular weight is 235 g/mol. The molecule has 0 fully saturated rings. The van der Waals surface area contributed by atoms with Gasteiger partial charge in [-0.25, -0.2) is 0 Å². The number of carbonyl (C=O) groups excluding carboxylic acids is 1. The number of hydrogen-bond donors (Lipinski definition) is 1. The number of fused-ring (bicyclic) bond motifs is 1. The summed E-state index contributed by atoms with van der Waals surface area (Å²) in [5, 5.41) is 8.60. The number of amides is 1. The van der Waals surface area contributed by atoms with Crippen molar-refractivity contribution in [2.24, 2.45) is 0 Å². The van der Waals surface area contributed by atoms with Gasteiger partial charge in [0, 0.05) is 18.7 Å². The summed E-state index contributed by atoms with van der Waals surface area (Å²) in [5.41, 5.74) is 1.52. The van der Waals surface area contributed by atoms with Crippen LogP contribution in [-0.4, -0.2) is 35.5 Å². The molecule has 17 heavy (non-hydrogen) atoms. The molecule has 1 aliphatic heterocycles. The van der Waals surface area contributed by atoms with E-state index in [9.17, 15) is 9.59 Å². The van der Waals surface area contributed by atoms with E-state index in [2.05, 4.69) is 0 Å². The number of rotatable bonds is 4. The highest BCUT2D eigenvalue weighted by Crippen LogP contribution is 2.26. The summed E-state index contributed by atoms with van der Waals surface area (Å²) in [7, 11) is 1.57. The lowest BCUT2D eigenvalue weighted by molar-refractivity contribution is -0.137. The van der Waals surface area contributed by atoms with Gasteiger partial charge in [-0.2, -0.15) is 0 Å². The van der Waals surface area contributed by atoms with Crippen LogP contribution in [0.5, 0.6) is 5.75 Å². The Morgan fingerprint density at radius 3 is 2.94 bits per heavy atom. The minimum atomic E-state index is -0.897. The standard InChI is InChI=1S/C12H13NO4/c1-17-9-2-3-10-8(6-9)7-13(12(10)16)5-4-11(14)15/h2-3,6H,4-5,7H2,1H3,(H,14,15). The topological polar surface area (TPSA) is 66.8 Å². The van der Waals surface area contributed by atoms with Crippen molar-refractivity contribution < 1.29 is 19.4 Å². The number of carbonyl (C=O) groups is 2. The van der Waals surface area contributed by atoms with Gasteiger partial charge in [-0.1, -0.05) is 0 Å². The first-order valence-electron chi connectivity index (χ1n) is 5.30. The van der Waals surface area contributed by atoms with E-state index in [1.807, 2.05) is 6.07 Å². The minimum Gasteiger partial charge on any atom is -0.497 e. The van der Waals surface area contributed by atoms with Crippen molar-refractivity contribution in [3.63, 3.8) is 0 Å². The number of methoxy groups -OCH3 is 1. The molecule has 0 saturated heterocycles. The van der Waals surface area contributed by atoms with Gasteiger partial charge in [0.25, 0.3) is 5.91 Å². The van der Waals surface area contributed by atoms with Crippen LogP contribution >= 0.6 is 0 Å². The van der Waals surface area contributed by atoms with Gasteiger partial charge in [0.15, 0.2) is 0 Å². The molecular weight excluding hydrogens is 222 g/mol. The predicted molar refractivity (Wildman–Crippen MR) is 60.0 cm³/mol. The maximum absolute atomic E-state index is 11.9. The van der Waals surface area contributed by atoms with E-state index in [1.54, 1.807) is 19.2 Å². The highest BCUT2D eigenvalue weighted by Gasteiger charge is 2.27. The van der Waals surface area contributed by atoms with Crippen LogP contribution in [0.25, 0.3) is 0 Å². The Morgan fingerprint density at radius 2 is 2.29 bits per heavy atom. The Hall–Kier alpha value is -2.04. The molecule has 0 bridgehead atoms. The van der Waals surface area contributed by atoms with Gasteiger partial charge in [0.05, 0.1) is 13.5 Å². The molecular formula is C12H13NO4. The molecule has 1 aromatic rings.